The molecular weight excluding hydrogens is 280 g/mol. The number of hydrogen-bond acceptors (Lipinski definition) is 4. The van der Waals surface area contributed by atoms with E-state index in [4.69, 9.17) is 4.74 Å². The van der Waals surface area contributed by atoms with Gasteiger partial charge in [0.05, 0.1) is 12.0 Å². The first-order valence-corrected chi connectivity index (χ1v) is 7.97. The number of aromatic nitrogens is 2. The van der Waals surface area contributed by atoms with Crippen molar-refractivity contribution in [1.29, 1.82) is 0 Å². The van der Waals surface area contributed by atoms with Crippen molar-refractivity contribution in [3.8, 4) is 0 Å². The number of amides is 1. The molecule has 124 valence electrons. The molecule has 0 atom stereocenters. The fourth-order valence-electron chi connectivity index (χ4n) is 2.86. The summed E-state index contributed by atoms with van der Waals surface area (Å²) in [6, 6.07) is 0. The minimum absolute atomic E-state index is 0.0405. The van der Waals surface area contributed by atoms with Gasteiger partial charge in [0.1, 0.15) is 5.60 Å². The molecule has 2 N–H and O–H groups in total. The SMILES string of the molecule is Cn1cncc1CNC1(CNC(=O)OC(C)(C)C)CCCC1. The minimum atomic E-state index is -0.463. The number of nitrogens with zero attached hydrogens (tertiary/aromatic N) is 2. The van der Waals surface area contributed by atoms with Gasteiger partial charge in [-0.15, -0.1) is 0 Å². The molecule has 0 spiro atoms. The van der Waals surface area contributed by atoms with E-state index in [1.54, 1.807) is 6.33 Å². The van der Waals surface area contributed by atoms with Gasteiger partial charge in [-0.1, -0.05) is 12.8 Å². The average molecular weight is 308 g/mol. The topological polar surface area (TPSA) is 68.2 Å². The highest BCUT2D eigenvalue weighted by Gasteiger charge is 2.34. The Hall–Kier alpha value is -1.56. The first-order valence-electron chi connectivity index (χ1n) is 7.97. The minimum Gasteiger partial charge on any atom is -0.444 e. The largest absolute Gasteiger partial charge is 0.444 e. The van der Waals surface area contributed by atoms with Crippen LogP contribution in [0.25, 0.3) is 0 Å². The van der Waals surface area contributed by atoms with Crippen LogP contribution in [0.3, 0.4) is 0 Å². The van der Waals surface area contributed by atoms with Crippen LogP contribution in [0.2, 0.25) is 0 Å². The fourth-order valence-corrected chi connectivity index (χ4v) is 2.86. The van der Waals surface area contributed by atoms with Crippen molar-refractivity contribution in [3.63, 3.8) is 0 Å². The molecule has 0 unspecified atom stereocenters. The molecule has 1 heterocycles. The molecule has 0 bridgehead atoms. The quantitative estimate of drug-likeness (QED) is 0.876. The van der Waals surface area contributed by atoms with Gasteiger partial charge >= 0.3 is 6.09 Å². The third-order valence-corrected chi connectivity index (χ3v) is 4.09. The van der Waals surface area contributed by atoms with Crippen molar-refractivity contribution < 1.29 is 9.53 Å². The number of carbonyl (C=O) groups is 1. The Labute approximate surface area is 132 Å². The first-order chi connectivity index (χ1) is 10.3. The van der Waals surface area contributed by atoms with Gasteiger partial charge in [-0.25, -0.2) is 9.78 Å². The molecule has 1 aliphatic rings. The molecule has 2 rings (SSSR count). The van der Waals surface area contributed by atoms with Gasteiger partial charge < -0.3 is 19.9 Å². The van der Waals surface area contributed by atoms with Crippen molar-refractivity contribution in [3.05, 3.63) is 18.2 Å². The van der Waals surface area contributed by atoms with Gasteiger partial charge in [-0.2, -0.15) is 0 Å². The maximum atomic E-state index is 11.9. The van der Waals surface area contributed by atoms with Crippen molar-refractivity contribution in [1.82, 2.24) is 20.2 Å². The third-order valence-electron chi connectivity index (χ3n) is 4.09. The second-order valence-electron chi connectivity index (χ2n) is 7.19. The lowest BCUT2D eigenvalue weighted by Crippen LogP contribution is -2.52. The average Bonchev–Trinajstić information content (AvgIpc) is 3.02. The lowest BCUT2D eigenvalue weighted by atomic mass is 9.97. The maximum Gasteiger partial charge on any atom is 0.407 e. The van der Waals surface area contributed by atoms with Crippen LogP contribution in [-0.4, -0.2) is 33.3 Å². The molecule has 1 aliphatic carbocycles. The van der Waals surface area contributed by atoms with Gasteiger partial charge in [0.25, 0.3) is 0 Å². The molecule has 1 aromatic heterocycles. The maximum absolute atomic E-state index is 11.9. The van der Waals surface area contributed by atoms with Gasteiger partial charge in [0.15, 0.2) is 0 Å². The van der Waals surface area contributed by atoms with E-state index in [-0.39, 0.29) is 11.6 Å². The number of nitrogens with one attached hydrogen (secondary N) is 2. The van der Waals surface area contributed by atoms with E-state index in [1.165, 1.54) is 12.8 Å². The molecule has 1 aromatic rings. The molecular formula is C16H28N4O2. The van der Waals surface area contributed by atoms with Crippen LogP contribution >= 0.6 is 0 Å². The van der Waals surface area contributed by atoms with E-state index >= 15 is 0 Å². The van der Waals surface area contributed by atoms with E-state index in [9.17, 15) is 4.79 Å². The molecule has 1 amide bonds. The Morgan fingerprint density at radius 3 is 2.64 bits per heavy atom. The lowest BCUT2D eigenvalue weighted by molar-refractivity contribution is 0.0509. The van der Waals surface area contributed by atoms with Crippen LogP contribution in [0.5, 0.6) is 0 Å². The second-order valence-corrected chi connectivity index (χ2v) is 7.19. The molecule has 22 heavy (non-hydrogen) atoms. The molecule has 1 fully saturated rings. The summed E-state index contributed by atoms with van der Waals surface area (Å²) in [5.74, 6) is 0. The van der Waals surface area contributed by atoms with Crippen molar-refractivity contribution >= 4 is 6.09 Å². The highest BCUT2D eigenvalue weighted by molar-refractivity contribution is 5.67. The number of imidazole rings is 1. The third kappa shape index (κ3) is 4.73. The van der Waals surface area contributed by atoms with E-state index in [0.717, 1.165) is 25.1 Å². The lowest BCUT2D eigenvalue weighted by Gasteiger charge is -2.31. The van der Waals surface area contributed by atoms with E-state index in [1.807, 2.05) is 38.6 Å². The van der Waals surface area contributed by atoms with Gasteiger partial charge in [-0.3, -0.25) is 0 Å². The summed E-state index contributed by atoms with van der Waals surface area (Å²) >= 11 is 0. The zero-order chi connectivity index (χ0) is 16.2. The highest BCUT2D eigenvalue weighted by atomic mass is 16.6. The predicted molar refractivity (Wildman–Crippen MR) is 85.5 cm³/mol. The summed E-state index contributed by atoms with van der Waals surface area (Å²) < 4.78 is 7.33. The van der Waals surface area contributed by atoms with Crippen LogP contribution in [0.4, 0.5) is 4.79 Å². The summed E-state index contributed by atoms with van der Waals surface area (Å²) in [5.41, 5.74) is 0.638. The highest BCUT2D eigenvalue weighted by Crippen LogP contribution is 2.29. The van der Waals surface area contributed by atoms with E-state index in [2.05, 4.69) is 15.6 Å². The predicted octanol–water partition coefficient (Wildman–Crippen LogP) is 2.35. The first kappa shape index (κ1) is 16.8. The van der Waals surface area contributed by atoms with Crippen LogP contribution < -0.4 is 10.6 Å². The van der Waals surface area contributed by atoms with E-state index < -0.39 is 5.60 Å². The Morgan fingerprint density at radius 2 is 2.09 bits per heavy atom. The molecule has 0 aromatic carbocycles. The van der Waals surface area contributed by atoms with Crippen LogP contribution in [0, 0.1) is 0 Å². The molecule has 0 aliphatic heterocycles. The number of carbonyl (C=O) groups excluding carboxylic acids is 1. The standard InChI is InChI=1S/C16H28N4O2/c1-15(2,3)22-14(21)18-11-16(7-5-6-8-16)19-10-13-9-17-12-20(13)4/h9,12,19H,5-8,10-11H2,1-4H3,(H,18,21). The summed E-state index contributed by atoms with van der Waals surface area (Å²) in [6.45, 7) is 6.97. The smallest absolute Gasteiger partial charge is 0.407 e. The number of alkyl carbamates (subject to hydrolysis) is 1. The fraction of sp³-hybridized carbons (Fsp3) is 0.750. The summed E-state index contributed by atoms with van der Waals surface area (Å²) in [7, 11) is 1.99. The number of rotatable bonds is 5. The van der Waals surface area contributed by atoms with Crippen LogP contribution in [0.1, 0.15) is 52.1 Å². The summed E-state index contributed by atoms with van der Waals surface area (Å²) in [4.78, 5) is 16.0. The summed E-state index contributed by atoms with van der Waals surface area (Å²) in [5, 5.41) is 6.55. The normalized spacial score (nSPS) is 17.5. The van der Waals surface area contributed by atoms with Crippen molar-refractivity contribution in [2.45, 2.75) is 64.1 Å². The molecule has 6 nitrogen and oxygen atoms in total. The van der Waals surface area contributed by atoms with Crippen molar-refractivity contribution in [2.24, 2.45) is 7.05 Å². The zero-order valence-electron chi connectivity index (χ0n) is 14.1. The summed E-state index contributed by atoms with van der Waals surface area (Å²) in [6.07, 6.45) is 7.85. The monoisotopic (exact) mass is 308 g/mol. The zero-order valence-corrected chi connectivity index (χ0v) is 14.1. The number of hydrogen-bond donors (Lipinski definition) is 2. The van der Waals surface area contributed by atoms with Crippen LogP contribution in [-0.2, 0) is 18.3 Å². The van der Waals surface area contributed by atoms with E-state index in [0.29, 0.717) is 6.54 Å². The Morgan fingerprint density at radius 1 is 1.41 bits per heavy atom. The number of ether oxygens (including phenoxy) is 1. The van der Waals surface area contributed by atoms with Crippen LogP contribution in [0.15, 0.2) is 12.5 Å². The van der Waals surface area contributed by atoms with Gasteiger partial charge in [0.2, 0.25) is 0 Å². The van der Waals surface area contributed by atoms with Gasteiger partial charge in [0, 0.05) is 31.9 Å². The van der Waals surface area contributed by atoms with Gasteiger partial charge in [-0.05, 0) is 33.6 Å². The Balaban J connectivity index is 1.88. The Bertz CT molecular complexity index is 498. The Kier molecular flexibility index (Phi) is 5.11. The molecule has 0 radical (unpaired) electrons. The molecule has 1 saturated carbocycles. The second kappa shape index (κ2) is 6.69. The molecule has 0 saturated heterocycles. The number of aryl methyl sites for hydroxylation is 1. The molecule has 6 heteroatoms. The van der Waals surface area contributed by atoms with Crippen molar-refractivity contribution in [2.75, 3.05) is 6.54 Å².